The van der Waals surface area contributed by atoms with Crippen molar-refractivity contribution in [1.29, 1.82) is 0 Å². The lowest BCUT2D eigenvalue weighted by atomic mass is 10.1. The second-order valence-electron chi connectivity index (χ2n) is 5.41. The first-order valence-corrected chi connectivity index (χ1v) is 9.36. The van der Waals surface area contributed by atoms with Gasteiger partial charge in [-0.1, -0.05) is 24.3 Å². The standard InChI is InChI=1S/C17H23N3O2S/c1-3-4-13-23(21,22)18-12-8-9-16-14-20(19-15(16)2)17-10-6-5-7-11-17/h3,5-7,10-11,14,18H,1,4,8-9,12-13H2,2H3. The highest BCUT2D eigenvalue weighted by Gasteiger charge is 2.09. The molecule has 0 spiro atoms. The van der Waals surface area contributed by atoms with Gasteiger partial charge in [-0.15, -0.1) is 6.58 Å². The Kier molecular flexibility index (Phi) is 6.12. The van der Waals surface area contributed by atoms with Crippen LogP contribution in [0, 0.1) is 6.92 Å². The minimum atomic E-state index is -3.19. The molecule has 2 aromatic rings. The molecule has 6 heteroatoms. The summed E-state index contributed by atoms with van der Waals surface area (Å²) in [4.78, 5) is 0. The molecule has 1 aromatic carbocycles. The minimum absolute atomic E-state index is 0.0987. The first-order valence-electron chi connectivity index (χ1n) is 7.70. The maximum atomic E-state index is 11.7. The number of aryl methyl sites for hydroxylation is 2. The van der Waals surface area contributed by atoms with Gasteiger partial charge in [0.15, 0.2) is 0 Å². The van der Waals surface area contributed by atoms with Crippen molar-refractivity contribution in [2.45, 2.75) is 26.2 Å². The summed E-state index contributed by atoms with van der Waals surface area (Å²) in [5.74, 6) is 0.0987. The summed E-state index contributed by atoms with van der Waals surface area (Å²) in [7, 11) is -3.19. The molecule has 1 heterocycles. The molecular weight excluding hydrogens is 310 g/mol. The average molecular weight is 333 g/mol. The molecule has 0 atom stereocenters. The average Bonchev–Trinajstić information content (AvgIpc) is 2.92. The molecule has 0 fully saturated rings. The Labute approximate surface area is 138 Å². The maximum absolute atomic E-state index is 11.7. The van der Waals surface area contributed by atoms with Crippen LogP contribution in [0.3, 0.4) is 0 Å². The van der Waals surface area contributed by atoms with Crippen molar-refractivity contribution in [1.82, 2.24) is 14.5 Å². The smallest absolute Gasteiger partial charge is 0.211 e. The zero-order valence-electron chi connectivity index (χ0n) is 13.4. The Morgan fingerprint density at radius 2 is 2.04 bits per heavy atom. The summed E-state index contributed by atoms with van der Waals surface area (Å²) >= 11 is 0. The summed E-state index contributed by atoms with van der Waals surface area (Å²) in [6.45, 7) is 5.95. The fourth-order valence-electron chi connectivity index (χ4n) is 2.27. The molecule has 1 N–H and O–H groups in total. The van der Waals surface area contributed by atoms with Crippen molar-refractivity contribution < 1.29 is 8.42 Å². The largest absolute Gasteiger partial charge is 0.240 e. The molecule has 23 heavy (non-hydrogen) atoms. The Bertz CT molecular complexity index is 736. The second-order valence-corrected chi connectivity index (χ2v) is 7.34. The lowest BCUT2D eigenvalue weighted by Crippen LogP contribution is -2.27. The summed E-state index contributed by atoms with van der Waals surface area (Å²) in [6, 6.07) is 9.93. The summed E-state index contributed by atoms with van der Waals surface area (Å²) in [6.07, 6.45) is 5.63. The maximum Gasteiger partial charge on any atom is 0.211 e. The van der Waals surface area contributed by atoms with Crippen LogP contribution in [0.1, 0.15) is 24.1 Å². The van der Waals surface area contributed by atoms with Crippen molar-refractivity contribution in [3.8, 4) is 5.69 Å². The molecule has 0 saturated heterocycles. The predicted octanol–water partition coefficient (Wildman–Crippen LogP) is 2.61. The number of hydrogen-bond acceptors (Lipinski definition) is 3. The van der Waals surface area contributed by atoms with Gasteiger partial charge in [0.2, 0.25) is 10.0 Å². The van der Waals surface area contributed by atoms with Crippen LogP contribution in [0.25, 0.3) is 5.69 Å². The van der Waals surface area contributed by atoms with E-state index in [2.05, 4.69) is 16.4 Å². The highest BCUT2D eigenvalue weighted by molar-refractivity contribution is 7.89. The fourth-order valence-corrected chi connectivity index (χ4v) is 3.35. The molecule has 0 amide bonds. The van der Waals surface area contributed by atoms with Crippen LogP contribution in [0.5, 0.6) is 0 Å². The molecule has 1 aromatic heterocycles. The van der Waals surface area contributed by atoms with Crippen molar-refractivity contribution in [3.05, 3.63) is 60.4 Å². The van der Waals surface area contributed by atoms with E-state index in [4.69, 9.17) is 0 Å². The van der Waals surface area contributed by atoms with Crippen molar-refractivity contribution >= 4 is 10.0 Å². The van der Waals surface area contributed by atoms with Gasteiger partial charge in [-0.05, 0) is 43.9 Å². The zero-order chi connectivity index (χ0) is 16.7. The Morgan fingerprint density at radius 3 is 2.74 bits per heavy atom. The van der Waals surface area contributed by atoms with Gasteiger partial charge in [-0.3, -0.25) is 0 Å². The quantitative estimate of drug-likeness (QED) is 0.567. The molecule has 0 bridgehead atoms. The lowest BCUT2D eigenvalue weighted by Gasteiger charge is -2.05. The van der Waals surface area contributed by atoms with Gasteiger partial charge in [-0.25, -0.2) is 17.8 Å². The van der Waals surface area contributed by atoms with Crippen LogP contribution in [-0.4, -0.2) is 30.5 Å². The van der Waals surface area contributed by atoms with Crippen molar-refractivity contribution in [2.24, 2.45) is 0 Å². The van der Waals surface area contributed by atoms with E-state index in [0.717, 1.165) is 29.8 Å². The van der Waals surface area contributed by atoms with Crippen molar-refractivity contribution in [2.75, 3.05) is 12.3 Å². The molecule has 0 aliphatic carbocycles. The number of rotatable bonds is 9. The van der Waals surface area contributed by atoms with Crippen LogP contribution < -0.4 is 4.72 Å². The van der Waals surface area contributed by atoms with E-state index in [1.807, 2.05) is 48.1 Å². The third-order valence-corrected chi connectivity index (χ3v) is 4.97. The lowest BCUT2D eigenvalue weighted by molar-refractivity contribution is 0.578. The van der Waals surface area contributed by atoms with E-state index in [1.54, 1.807) is 6.08 Å². The Hall–Kier alpha value is -1.92. The minimum Gasteiger partial charge on any atom is -0.240 e. The fraction of sp³-hybridized carbons (Fsp3) is 0.353. The van der Waals surface area contributed by atoms with Crippen LogP contribution in [-0.2, 0) is 16.4 Å². The Balaban J connectivity index is 1.87. The van der Waals surface area contributed by atoms with Crippen molar-refractivity contribution in [3.63, 3.8) is 0 Å². The topological polar surface area (TPSA) is 64.0 Å². The van der Waals surface area contributed by atoms with Crippen LogP contribution in [0.2, 0.25) is 0 Å². The van der Waals surface area contributed by atoms with E-state index in [9.17, 15) is 8.42 Å². The van der Waals surface area contributed by atoms with Gasteiger partial charge < -0.3 is 0 Å². The Morgan fingerprint density at radius 1 is 1.30 bits per heavy atom. The summed E-state index contributed by atoms with van der Waals surface area (Å²) < 4.78 is 27.8. The van der Waals surface area contributed by atoms with Gasteiger partial charge in [-0.2, -0.15) is 5.10 Å². The molecule has 0 saturated carbocycles. The second kappa shape index (κ2) is 8.08. The number of nitrogens with one attached hydrogen (secondary N) is 1. The third kappa shape index (κ3) is 5.33. The molecule has 5 nitrogen and oxygen atoms in total. The van der Waals surface area contributed by atoms with E-state index >= 15 is 0 Å². The van der Waals surface area contributed by atoms with Gasteiger partial charge in [0.1, 0.15) is 0 Å². The monoisotopic (exact) mass is 333 g/mol. The molecular formula is C17H23N3O2S. The first-order chi connectivity index (χ1) is 11.0. The SMILES string of the molecule is C=CCCS(=O)(=O)NCCCc1cn(-c2ccccc2)nc1C. The molecule has 0 radical (unpaired) electrons. The number of hydrogen-bond donors (Lipinski definition) is 1. The van der Waals surface area contributed by atoms with Gasteiger partial charge in [0.25, 0.3) is 0 Å². The third-order valence-electron chi connectivity index (χ3n) is 3.56. The van der Waals surface area contributed by atoms with Gasteiger partial charge >= 0.3 is 0 Å². The normalized spacial score (nSPS) is 11.5. The molecule has 0 aliphatic heterocycles. The van der Waals surface area contributed by atoms with Gasteiger partial charge in [0, 0.05) is 12.7 Å². The number of allylic oxidation sites excluding steroid dienone is 1. The molecule has 0 unspecified atom stereocenters. The van der Waals surface area contributed by atoms with Gasteiger partial charge in [0.05, 0.1) is 17.1 Å². The number of para-hydroxylation sites is 1. The van der Waals surface area contributed by atoms with Crippen LogP contribution in [0.4, 0.5) is 0 Å². The highest BCUT2D eigenvalue weighted by atomic mass is 32.2. The number of nitrogens with zero attached hydrogens (tertiary/aromatic N) is 2. The van der Waals surface area contributed by atoms with E-state index in [-0.39, 0.29) is 5.75 Å². The molecule has 0 aliphatic rings. The highest BCUT2D eigenvalue weighted by Crippen LogP contribution is 2.13. The predicted molar refractivity (Wildman–Crippen MR) is 93.2 cm³/mol. The number of aromatic nitrogens is 2. The number of sulfonamides is 1. The van der Waals surface area contributed by atoms with Crippen LogP contribution >= 0.6 is 0 Å². The summed E-state index contributed by atoms with van der Waals surface area (Å²) in [5.41, 5.74) is 3.13. The zero-order valence-corrected chi connectivity index (χ0v) is 14.2. The molecule has 124 valence electrons. The van der Waals surface area contributed by atoms with E-state index in [0.29, 0.717) is 13.0 Å². The molecule has 2 rings (SSSR count). The van der Waals surface area contributed by atoms with E-state index in [1.165, 1.54) is 0 Å². The first kappa shape index (κ1) is 17.4. The van der Waals surface area contributed by atoms with Crippen LogP contribution in [0.15, 0.2) is 49.2 Å². The van der Waals surface area contributed by atoms with E-state index < -0.39 is 10.0 Å². The number of benzene rings is 1. The summed E-state index contributed by atoms with van der Waals surface area (Å²) in [5, 5.41) is 4.52.